The predicted molar refractivity (Wildman–Crippen MR) is 76.1 cm³/mol. The van der Waals surface area contributed by atoms with E-state index in [1.807, 2.05) is 12.1 Å². The van der Waals surface area contributed by atoms with Crippen LogP contribution in [0.5, 0.6) is 0 Å². The Morgan fingerprint density at radius 2 is 2.24 bits per heavy atom. The monoisotopic (exact) mass is 297 g/mol. The topological polar surface area (TPSA) is 21.3 Å². The zero-order chi connectivity index (χ0) is 12.7. The van der Waals surface area contributed by atoms with Gasteiger partial charge in [-0.15, -0.1) is 0 Å². The standard InChI is InChI=1S/C14H20BrNO/c1-11(2)16-8-12(3)9-17-10-13-5-4-6-14(15)7-13/h4-7,11,16H,3,8-10H2,1-2H3. The highest BCUT2D eigenvalue weighted by Crippen LogP contribution is 2.12. The molecule has 0 aromatic heterocycles. The van der Waals surface area contributed by atoms with Crippen LogP contribution in [0.4, 0.5) is 0 Å². The first-order valence-electron chi connectivity index (χ1n) is 5.80. The summed E-state index contributed by atoms with van der Waals surface area (Å²) in [4.78, 5) is 0. The normalized spacial score (nSPS) is 10.8. The molecule has 1 aromatic carbocycles. The van der Waals surface area contributed by atoms with Crippen molar-refractivity contribution in [2.75, 3.05) is 13.2 Å². The van der Waals surface area contributed by atoms with Gasteiger partial charge in [0.05, 0.1) is 13.2 Å². The van der Waals surface area contributed by atoms with Crippen molar-refractivity contribution >= 4 is 15.9 Å². The van der Waals surface area contributed by atoms with Gasteiger partial charge in [0, 0.05) is 17.1 Å². The van der Waals surface area contributed by atoms with Crippen LogP contribution in [0.1, 0.15) is 19.4 Å². The van der Waals surface area contributed by atoms with E-state index < -0.39 is 0 Å². The van der Waals surface area contributed by atoms with E-state index in [9.17, 15) is 0 Å². The van der Waals surface area contributed by atoms with Crippen molar-refractivity contribution in [2.45, 2.75) is 26.5 Å². The van der Waals surface area contributed by atoms with Crippen molar-refractivity contribution in [3.8, 4) is 0 Å². The number of hydrogen-bond acceptors (Lipinski definition) is 2. The average Bonchev–Trinajstić information content (AvgIpc) is 2.26. The molecule has 0 unspecified atom stereocenters. The van der Waals surface area contributed by atoms with Crippen LogP contribution in [0.2, 0.25) is 0 Å². The van der Waals surface area contributed by atoms with Gasteiger partial charge in [0.2, 0.25) is 0 Å². The van der Waals surface area contributed by atoms with Crippen LogP contribution in [0.3, 0.4) is 0 Å². The minimum atomic E-state index is 0.483. The van der Waals surface area contributed by atoms with Gasteiger partial charge in [-0.3, -0.25) is 0 Å². The van der Waals surface area contributed by atoms with Crippen LogP contribution in [0, 0.1) is 0 Å². The lowest BCUT2D eigenvalue weighted by atomic mass is 10.2. The van der Waals surface area contributed by atoms with Gasteiger partial charge in [0.15, 0.2) is 0 Å². The molecule has 0 radical (unpaired) electrons. The van der Waals surface area contributed by atoms with Gasteiger partial charge < -0.3 is 10.1 Å². The van der Waals surface area contributed by atoms with Crippen molar-refractivity contribution in [3.05, 3.63) is 46.5 Å². The van der Waals surface area contributed by atoms with Crippen LogP contribution in [0.15, 0.2) is 40.9 Å². The molecule has 1 aromatic rings. The lowest BCUT2D eigenvalue weighted by Gasteiger charge is -2.11. The fraction of sp³-hybridized carbons (Fsp3) is 0.429. The van der Waals surface area contributed by atoms with Crippen LogP contribution in [0.25, 0.3) is 0 Å². The Bertz CT molecular complexity index is 363. The van der Waals surface area contributed by atoms with E-state index in [0.29, 0.717) is 19.3 Å². The second-order valence-electron chi connectivity index (χ2n) is 4.41. The van der Waals surface area contributed by atoms with E-state index in [1.54, 1.807) is 0 Å². The zero-order valence-corrected chi connectivity index (χ0v) is 12.1. The van der Waals surface area contributed by atoms with Gasteiger partial charge in [0.1, 0.15) is 0 Å². The van der Waals surface area contributed by atoms with E-state index in [-0.39, 0.29) is 0 Å². The Morgan fingerprint density at radius 1 is 1.47 bits per heavy atom. The second-order valence-corrected chi connectivity index (χ2v) is 5.32. The van der Waals surface area contributed by atoms with Crippen LogP contribution in [-0.2, 0) is 11.3 Å². The largest absolute Gasteiger partial charge is 0.372 e. The summed E-state index contributed by atoms with van der Waals surface area (Å²) in [5.74, 6) is 0. The third-order valence-electron chi connectivity index (χ3n) is 2.22. The van der Waals surface area contributed by atoms with Gasteiger partial charge in [-0.25, -0.2) is 0 Å². The molecular weight excluding hydrogens is 278 g/mol. The summed E-state index contributed by atoms with van der Waals surface area (Å²) in [6.07, 6.45) is 0. The molecule has 0 heterocycles. The number of hydrogen-bond donors (Lipinski definition) is 1. The van der Waals surface area contributed by atoms with Gasteiger partial charge >= 0.3 is 0 Å². The smallest absolute Gasteiger partial charge is 0.0721 e. The molecule has 0 aliphatic carbocycles. The number of benzene rings is 1. The molecule has 0 bridgehead atoms. The molecule has 2 nitrogen and oxygen atoms in total. The van der Waals surface area contributed by atoms with Crippen molar-refractivity contribution in [3.63, 3.8) is 0 Å². The molecule has 0 atom stereocenters. The third kappa shape index (κ3) is 6.61. The highest BCUT2D eigenvalue weighted by atomic mass is 79.9. The van der Waals surface area contributed by atoms with Crippen molar-refractivity contribution < 1.29 is 4.74 Å². The predicted octanol–water partition coefficient (Wildman–Crippen LogP) is 3.52. The fourth-order valence-electron chi connectivity index (χ4n) is 1.34. The Kier molecular flexibility index (Phi) is 6.48. The maximum atomic E-state index is 5.61. The Hall–Kier alpha value is -0.640. The van der Waals surface area contributed by atoms with E-state index in [1.165, 1.54) is 5.56 Å². The first kappa shape index (κ1) is 14.4. The Morgan fingerprint density at radius 3 is 2.88 bits per heavy atom. The molecule has 0 fully saturated rings. The van der Waals surface area contributed by atoms with Crippen LogP contribution < -0.4 is 5.32 Å². The first-order chi connectivity index (χ1) is 8.08. The molecule has 0 saturated carbocycles. The summed E-state index contributed by atoms with van der Waals surface area (Å²) in [5, 5.41) is 3.32. The van der Waals surface area contributed by atoms with E-state index >= 15 is 0 Å². The molecule has 0 saturated heterocycles. The minimum absolute atomic E-state index is 0.483. The lowest BCUT2D eigenvalue weighted by molar-refractivity contribution is 0.141. The maximum Gasteiger partial charge on any atom is 0.0721 e. The van der Waals surface area contributed by atoms with Gasteiger partial charge in [-0.2, -0.15) is 0 Å². The summed E-state index contributed by atoms with van der Waals surface area (Å²) >= 11 is 3.44. The fourth-order valence-corrected chi connectivity index (χ4v) is 1.79. The van der Waals surface area contributed by atoms with E-state index in [0.717, 1.165) is 16.6 Å². The minimum Gasteiger partial charge on any atom is -0.372 e. The summed E-state index contributed by atoms with van der Waals surface area (Å²) in [6, 6.07) is 8.62. The van der Waals surface area contributed by atoms with Gasteiger partial charge in [-0.1, -0.05) is 48.5 Å². The van der Waals surface area contributed by atoms with Gasteiger partial charge in [0.25, 0.3) is 0 Å². The maximum absolute atomic E-state index is 5.61. The SMILES string of the molecule is C=C(CNC(C)C)COCc1cccc(Br)c1. The van der Waals surface area contributed by atoms with Crippen molar-refractivity contribution in [2.24, 2.45) is 0 Å². The summed E-state index contributed by atoms with van der Waals surface area (Å²) in [6.45, 7) is 10.3. The van der Waals surface area contributed by atoms with E-state index in [2.05, 4.69) is 53.8 Å². The molecule has 0 amide bonds. The van der Waals surface area contributed by atoms with Gasteiger partial charge in [-0.05, 0) is 23.3 Å². The number of ether oxygens (including phenoxy) is 1. The Labute approximate surface area is 112 Å². The molecule has 1 N–H and O–H groups in total. The highest BCUT2D eigenvalue weighted by molar-refractivity contribution is 9.10. The number of rotatable bonds is 7. The zero-order valence-electron chi connectivity index (χ0n) is 10.5. The Balaban J connectivity index is 2.21. The van der Waals surface area contributed by atoms with Crippen LogP contribution >= 0.6 is 15.9 Å². The molecule has 0 aliphatic heterocycles. The van der Waals surface area contributed by atoms with Crippen LogP contribution in [-0.4, -0.2) is 19.2 Å². The van der Waals surface area contributed by atoms with E-state index in [4.69, 9.17) is 4.74 Å². The summed E-state index contributed by atoms with van der Waals surface area (Å²) < 4.78 is 6.69. The molecule has 0 spiro atoms. The number of halogens is 1. The summed E-state index contributed by atoms with van der Waals surface area (Å²) in [7, 11) is 0. The molecule has 3 heteroatoms. The van der Waals surface area contributed by atoms with Crippen molar-refractivity contribution in [1.82, 2.24) is 5.32 Å². The average molecular weight is 298 g/mol. The quantitative estimate of drug-likeness (QED) is 0.778. The molecule has 17 heavy (non-hydrogen) atoms. The third-order valence-corrected chi connectivity index (χ3v) is 2.72. The van der Waals surface area contributed by atoms with Crippen molar-refractivity contribution in [1.29, 1.82) is 0 Å². The molecule has 1 rings (SSSR count). The molecular formula is C14H20BrNO. The molecule has 94 valence electrons. The number of nitrogens with one attached hydrogen (secondary N) is 1. The second kappa shape index (κ2) is 7.64. The first-order valence-corrected chi connectivity index (χ1v) is 6.59. The molecule has 0 aliphatic rings. The highest BCUT2D eigenvalue weighted by Gasteiger charge is 1.98. The lowest BCUT2D eigenvalue weighted by Crippen LogP contribution is -2.25. The summed E-state index contributed by atoms with van der Waals surface area (Å²) in [5.41, 5.74) is 2.25.